The van der Waals surface area contributed by atoms with Gasteiger partial charge in [-0.25, -0.2) is 9.07 Å². The van der Waals surface area contributed by atoms with Crippen molar-refractivity contribution in [3.05, 3.63) is 100 Å². The maximum Gasteiger partial charge on any atom is 0.277 e. The molecule has 46 heavy (non-hydrogen) atoms. The highest BCUT2D eigenvalue weighted by Crippen LogP contribution is 2.38. The van der Waals surface area contributed by atoms with Crippen LogP contribution in [0.25, 0.3) is 5.69 Å². The van der Waals surface area contributed by atoms with E-state index >= 15 is 0 Å². The quantitative estimate of drug-likeness (QED) is 0.195. The number of halogens is 3. The smallest absolute Gasteiger partial charge is 0.277 e. The molecule has 3 heterocycles. The number of hydrogen-bond donors (Lipinski definition) is 1. The molecule has 0 bridgehead atoms. The molecule has 1 aromatic heterocycles. The Morgan fingerprint density at radius 3 is 2.37 bits per heavy atom. The number of fused-ring (bicyclic) bond motifs is 1. The molecule has 2 aliphatic rings. The normalized spacial score (nSPS) is 16.8. The Bertz CT molecular complexity index is 1790. The Balaban J connectivity index is 1.34. The van der Waals surface area contributed by atoms with Crippen LogP contribution >= 0.6 is 34.2 Å². The van der Waals surface area contributed by atoms with Crippen LogP contribution in [-0.4, -0.2) is 80.2 Å². The second-order valence-electron chi connectivity index (χ2n) is 11.6. The molecule has 0 saturated carbocycles. The van der Waals surface area contributed by atoms with Crippen molar-refractivity contribution in [2.75, 3.05) is 43.9 Å². The van der Waals surface area contributed by atoms with Gasteiger partial charge in [-0.2, -0.15) is 0 Å². The topological polar surface area (TPSA) is 104 Å². The number of amides is 2. The van der Waals surface area contributed by atoms with Gasteiger partial charge in [-0.15, -0.1) is 5.10 Å². The first kappa shape index (κ1) is 32.1. The highest BCUT2D eigenvalue weighted by atomic mass is 127. The lowest BCUT2D eigenvalue weighted by molar-refractivity contribution is -0.121. The molecule has 13 heteroatoms. The van der Waals surface area contributed by atoms with Crippen LogP contribution in [0.1, 0.15) is 50.9 Å². The highest BCUT2D eigenvalue weighted by Gasteiger charge is 2.39. The number of carbonyl (C=O) groups excluding carboxylic acids is 3. The fourth-order valence-corrected chi connectivity index (χ4v) is 6.79. The Morgan fingerprint density at radius 1 is 0.978 bits per heavy atom. The molecule has 0 aliphatic carbocycles. The molecule has 2 amide bonds. The molecule has 0 radical (unpaired) electrons. The highest BCUT2D eigenvalue weighted by molar-refractivity contribution is 14.1. The van der Waals surface area contributed by atoms with Crippen molar-refractivity contribution >= 4 is 61.2 Å². The minimum absolute atomic E-state index is 0.0348. The fraction of sp³-hybridized carbons (Fsp3) is 0.303. The summed E-state index contributed by atoms with van der Waals surface area (Å²) in [4.78, 5) is 46.0. The van der Waals surface area contributed by atoms with E-state index in [2.05, 4.69) is 45.6 Å². The van der Waals surface area contributed by atoms with Crippen LogP contribution in [0.2, 0.25) is 5.02 Å². The van der Waals surface area contributed by atoms with Crippen LogP contribution in [0, 0.1) is 5.82 Å². The van der Waals surface area contributed by atoms with Crippen LogP contribution in [0.3, 0.4) is 0 Å². The van der Waals surface area contributed by atoms with E-state index < -0.39 is 23.7 Å². The number of carbonyl (C=O) groups is 3. The number of piperidine rings is 1. The van der Waals surface area contributed by atoms with E-state index in [9.17, 15) is 18.8 Å². The van der Waals surface area contributed by atoms with Gasteiger partial charge < -0.3 is 20.0 Å². The molecule has 10 nitrogen and oxygen atoms in total. The fourth-order valence-electron chi connectivity index (χ4n) is 6.26. The van der Waals surface area contributed by atoms with E-state index in [0.717, 1.165) is 47.4 Å². The summed E-state index contributed by atoms with van der Waals surface area (Å²) in [6, 6.07) is 16.6. The molecule has 1 fully saturated rings. The van der Waals surface area contributed by atoms with Crippen LogP contribution in [0.5, 0.6) is 0 Å². The van der Waals surface area contributed by atoms with Gasteiger partial charge in [0, 0.05) is 65.2 Å². The van der Waals surface area contributed by atoms with Crippen molar-refractivity contribution < 1.29 is 18.8 Å². The monoisotopic (exact) mass is 755 g/mol. The van der Waals surface area contributed by atoms with Crippen molar-refractivity contribution in [3.63, 3.8) is 0 Å². The van der Waals surface area contributed by atoms with Gasteiger partial charge in [0.2, 0.25) is 3.79 Å². The van der Waals surface area contributed by atoms with Gasteiger partial charge in [0.25, 0.3) is 11.8 Å². The predicted molar refractivity (Wildman–Crippen MR) is 183 cm³/mol. The molecule has 1 N–H and O–H groups in total. The number of nitrogens with zero attached hydrogens (tertiary/aromatic N) is 6. The summed E-state index contributed by atoms with van der Waals surface area (Å²) in [5.74, 6) is -1.60. The Hall–Kier alpha value is -3.88. The van der Waals surface area contributed by atoms with E-state index in [-0.39, 0.29) is 26.7 Å². The number of nitrogens with one attached hydrogen (secondary N) is 1. The SMILES string of the molecule is CN(C)C1CCN(c2cccc3c2CCN(C(=O)c2cn(-c4cccc(Cl)c4F)nn2)[C@@H]3C(=O)Nc2ccc(C(=O)I)cc2)CC1. The van der Waals surface area contributed by atoms with Gasteiger partial charge in [-0.3, -0.25) is 14.4 Å². The molecule has 1 atom stereocenters. The maximum absolute atomic E-state index is 14.7. The first-order valence-electron chi connectivity index (χ1n) is 14.9. The number of aromatic nitrogens is 3. The molecule has 3 aromatic carbocycles. The lowest BCUT2D eigenvalue weighted by Gasteiger charge is -2.41. The molecule has 6 rings (SSSR count). The summed E-state index contributed by atoms with van der Waals surface area (Å²) in [5.41, 5.74) is 3.87. The van der Waals surface area contributed by atoms with E-state index in [1.807, 2.05) is 12.1 Å². The maximum atomic E-state index is 14.7. The predicted octanol–water partition coefficient (Wildman–Crippen LogP) is 5.54. The summed E-state index contributed by atoms with van der Waals surface area (Å²) in [6.07, 6.45) is 3.94. The molecule has 0 spiro atoms. The third-order valence-corrected chi connectivity index (χ3v) is 9.63. The van der Waals surface area contributed by atoms with Crippen molar-refractivity contribution in [2.45, 2.75) is 31.3 Å². The van der Waals surface area contributed by atoms with Gasteiger partial charge in [0.15, 0.2) is 11.5 Å². The molecule has 4 aromatic rings. The van der Waals surface area contributed by atoms with Crippen molar-refractivity contribution in [1.82, 2.24) is 24.8 Å². The van der Waals surface area contributed by atoms with Crippen molar-refractivity contribution in [3.8, 4) is 5.69 Å². The minimum Gasteiger partial charge on any atom is -0.371 e. The lowest BCUT2D eigenvalue weighted by atomic mass is 9.89. The minimum atomic E-state index is -0.977. The van der Waals surface area contributed by atoms with E-state index in [0.29, 0.717) is 23.7 Å². The van der Waals surface area contributed by atoms with Gasteiger partial charge in [0.05, 0.1) is 11.2 Å². The van der Waals surface area contributed by atoms with Gasteiger partial charge >= 0.3 is 0 Å². The van der Waals surface area contributed by atoms with Crippen LogP contribution in [-0.2, 0) is 11.2 Å². The van der Waals surface area contributed by atoms with Gasteiger partial charge in [-0.1, -0.05) is 35.0 Å². The number of hydrogen-bond acceptors (Lipinski definition) is 7. The largest absolute Gasteiger partial charge is 0.371 e. The first-order valence-corrected chi connectivity index (χ1v) is 16.4. The Kier molecular flexibility index (Phi) is 9.39. The zero-order valence-electron chi connectivity index (χ0n) is 25.3. The number of benzene rings is 3. The van der Waals surface area contributed by atoms with Crippen LogP contribution in [0.4, 0.5) is 15.8 Å². The second-order valence-corrected chi connectivity index (χ2v) is 13.0. The molecule has 238 valence electrons. The van der Waals surface area contributed by atoms with E-state index in [4.69, 9.17) is 11.6 Å². The zero-order valence-corrected chi connectivity index (χ0v) is 28.2. The standard InChI is InChI=1S/C33H32ClFIN7O3/c1-40(2)22-13-16-41(17-14-22)27-7-3-5-24-23(27)15-18-42(30(24)32(45)37-21-11-9-20(10-12-21)31(36)44)33(46)26-19-43(39-38-26)28-8-4-6-25(34)29(28)35/h3-12,19,22,30H,13-18H2,1-2H3,(H,37,45)/t30-/m0/s1. The summed E-state index contributed by atoms with van der Waals surface area (Å²) in [7, 11) is 4.22. The average molecular weight is 756 g/mol. The Labute approximate surface area is 284 Å². The summed E-state index contributed by atoms with van der Waals surface area (Å²) < 4.78 is 15.8. The molecule has 2 aliphatic heterocycles. The van der Waals surface area contributed by atoms with E-state index in [1.54, 1.807) is 52.9 Å². The van der Waals surface area contributed by atoms with Gasteiger partial charge in [-0.05, 0) is 86.9 Å². The van der Waals surface area contributed by atoms with Gasteiger partial charge in [0.1, 0.15) is 11.7 Å². The summed E-state index contributed by atoms with van der Waals surface area (Å²) in [5, 5.41) is 10.9. The van der Waals surface area contributed by atoms with Crippen molar-refractivity contribution in [2.24, 2.45) is 0 Å². The molecular weight excluding hydrogens is 724 g/mol. The second kappa shape index (κ2) is 13.5. The molecular formula is C33H32ClFIN7O3. The van der Waals surface area contributed by atoms with Crippen LogP contribution < -0.4 is 10.2 Å². The zero-order chi connectivity index (χ0) is 32.5. The number of anilines is 2. The average Bonchev–Trinajstić information content (AvgIpc) is 3.55. The Morgan fingerprint density at radius 2 is 1.67 bits per heavy atom. The third-order valence-electron chi connectivity index (χ3n) is 8.71. The van der Waals surface area contributed by atoms with Crippen molar-refractivity contribution in [1.29, 1.82) is 0 Å². The number of rotatable bonds is 7. The summed E-state index contributed by atoms with van der Waals surface area (Å²) >= 11 is 7.67. The van der Waals surface area contributed by atoms with Crippen LogP contribution in [0.15, 0.2) is 66.9 Å². The summed E-state index contributed by atoms with van der Waals surface area (Å²) in [6.45, 7) is 2.05. The lowest BCUT2D eigenvalue weighted by Crippen LogP contribution is -2.46. The van der Waals surface area contributed by atoms with E-state index in [1.165, 1.54) is 23.2 Å². The first-order chi connectivity index (χ1) is 22.1. The third kappa shape index (κ3) is 6.38. The molecule has 0 unspecified atom stereocenters. The molecule has 1 saturated heterocycles.